The summed E-state index contributed by atoms with van der Waals surface area (Å²) in [6.45, 7) is 2.53. The van der Waals surface area contributed by atoms with E-state index in [1.165, 1.54) is 35.5 Å². The summed E-state index contributed by atoms with van der Waals surface area (Å²) in [6.07, 6.45) is 1.95. The van der Waals surface area contributed by atoms with Gasteiger partial charge in [-0.3, -0.25) is 0 Å². The van der Waals surface area contributed by atoms with Crippen LogP contribution in [0.3, 0.4) is 0 Å². The minimum Gasteiger partial charge on any atom is -0.444 e. The SMILES string of the molecule is C[C@@H](C#N)OC(=O)c1ccc(S(=O)(=O)N2CCCCC2)cc1. The van der Waals surface area contributed by atoms with Gasteiger partial charge in [-0.05, 0) is 44.0 Å². The number of hydrogen-bond donors (Lipinski definition) is 0. The van der Waals surface area contributed by atoms with Crippen molar-refractivity contribution < 1.29 is 17.9 Å². The van der Waals surface area contributed by atoms with Crippen LogP contribution in [0.5, 0.6) is 0 Å². The number of carbonyl (C=O) groups excluding carboxylic acids is 1. The van der Waals surface area contributed by atoms with Crippen LogP contribution in [0.15, 0.2) is 29.2 Å². The molecule has 1 fully saturated rings. The highest BCUT2D eigenvalue weighted by atomic mass is 32.2. The Balaban J connectivity index is 2.14. The van der Waals surface area contributed by atoms with E-state index in [-0.39, 0.29) is 10.5 Å². The van der Waals surface area contributed by atoms with Crippen molar-refractivity contribution in [3.05, 3.63) is 29.8 Å². The molecule has 7 heteroatoms. The van der Waals surface area contributed by atoms with E-state index in [0.717, 1.165) is 19.3 Å². The molecule has 0 N–H and O–H groups in total. The highest BCUT2D eigenvalue weighted by molar-refractivity contribution is 7.89. The molecule has 0 bridgehead atoms. The zero-order valence-electron chi connectivity index (χ0n) is 12.4. The molecule has 0 spiro atoms. The lowest BCUT2D eigenvalue weighted by atomic mass is 10.2. The van der Waals surface area contributed by atoms with E-state index in [1.54, 1.807) is 6.07 Å². The number of nitriles is 1. The molecule has 0 radical (unpaired) electrons. The van der Waals surface area contributed by atoms with E-state index in [9.17, 15) is 13.2 Å². The molecule has 0 aromatic heterocycles. The third-order valence-corrected chi connectivity index (χ3v) is 5.42. The summed E-state index contributed by atoms with van der Waals surface area (Å²) in [7, 11) is -3.50. The molecule has 0 unspecified atom stereocenters. The van der Waals surface area contributed by atoms with Crippen molar-refractivity contribution in [3.8, 4) is 6.07 Å². The van der Waals surface area contributed by atoms with Gasteiger partial charge in [0.2, 0.25) is 10.0 Å². The maximum absolute atomic E-state index is 12.5. The lowest BCUT2D eigenvalue weighted by Crippen LogP contribution is -2.35. The molecule has 1 saturated heterocycles. The first-order valence-electron chi connectivity index (χ1n) is 7.16. The van der Waals surface area contributed by atoms with E-state index < -0.39 is 22.1 Å². The molecule has 2 rings (SSSR count). The monoisotopic (exact) mass is 322 g/mol. The first kappa shape index (κ1) is 16.5. The number of hydrogen-bond acceptors (Lipinski definition) is 5. The van der Waals surface area contributed by atoms with Crippen molar-refractivity contribution in [1.82, 2.24) is 4.31 Å². The Hall–Kier alpha value is -1.91. The topological polar surface area (TPSA) is 87.5 Å². The Bertz CT molecular complexity index is 670. The zero-order valence-corrected chi connectivity index (χ0v) is 13.2. The summed E-state index contributed by atoms with van der Waals surface area (Å²) in [4.78, 5) is 11.9. The molecule has 0 amide bonds. The number of rotatable bonds is 4. The van der Waals surface area contributed by atoms with Gasteiger partial charge in [-0.25, -0.2) is 13.2 Å². The summed E-state index contributed by atoms with van der Waals surface area (Å²) < 4.78 is 31.3. The smallest absolute Gasteiger partial charge is 0.339 e. The molecule has 1 aliphatic rings. The van der Waals surface area contributed by atoms with Gasteiger partial charge in [-0.2, -0.15) is 9.57 Å². The van der Waals surface area contributed by atoms with Crippen molar-refractivity contribution in [2.24, 2.45) is 0 Å². The molecule has 1 heterocycles. The fourth-order valence-corrected chi connectivity index (χ4v) is 3.79. The molecule has 1 aromatic carbocycles. The molecule has 6 nitrogen and oxygen atoms in total. The molecule has 22 heavy (non-hydrogen) atoms. The molecule has 1 aliphatic heterocycles. The van der Waals surface area contributed by atoms with Gasteiger partial charge in [0.05, 0.1) is 10.5 Å². The van der Waals surface area contributed by atoms with Crippen molar-refractivity contribution in [2.45, 2.75) is 37.2 Å². The number of sulfonamides is 1. The number of esters is 1. The number of benzene rings is 1. The predicted molar refractivity (Wildman–Crippen MR) is 79.5 cm³/mol. The van der Waals surface area contributed by atoms with Gasteiger partial charge in [-0.15, -0.1) is 0 Å². The summed E-state index contributed by atoms with van der Waals surface area (Å²) in [6, 6.07) is 7.41. The Morgan fingerprint density at radius 3 is 2.36 bits per heavy atom. The average molecular weight is 322 g/mol. The van der Waals surface area contributed by atoms with Gasteiger partial charge >= 0.3 is 5.97 Å². The quantitative estimate of drug-likeness (QED) is 0.790. The van der Waals surface area contributed by atoms with Crippen LogP contribution < -0.4 is 0 Å². The van der Waals surface area contributed by atoms with E-state index in [1.807, 2.05) is 0 Å². The van der Waals surface area contributed by atoms with Crippen LogP contribution in [0.2, 0.25) is 0 Å². The molecule has 0 saturated carbocycles. The fraction of sp³-hybridized carbons (Fsp3) is 0.467. The van der Waals surface area contributed by atoms with Crippen LogP contribution in [0.4, 0.5) is 0 Å². The summed E-state index contributed by atoms with van der Waals surface area (Å²) in [5.41, 5.74) is 0.222. The van der Waals surface area contributed by atoms with Crippen LogP contribution >= 0.6 is 0 Å². The lowest BCUT2D eigenvalue weighted by Gasteiger charge is -2.25. The number of nitrogens with zero attached hydrogens (tertiary/aromatic N) is 2. The van der Waals surface area contributed by atoms with E-state index in [0.29, 0.717) is 13.1 Å². The second-order valence-corrected chi connectivity index (χ2v) is 7.10. The molecular weight excluding hydrogens is 304 g/mol. The van der Waals surface area contributed by atoms with Crippen molar-refractivity contribution in [1.29, 1.82) is 5.26 Å². The maximum Gasteiger partial charge on any atom is 0.339 e. The zero-order chi connectivity index (χ0) is 16.2. The van der Waals surface area contributed by atoms with Crippen LogP contribution in [-0.4, -0.2) is 37.9 Å². The normalized spacial score (nSPS) is 17.5. The Morgan fingerprint density at radius 2 is 1.82 bits per heavy atom. The minimum atomic E-state index is -3.50. The number of ether oxygens (including phenoxy) is 1. The summed E-state index contributed by atoms with van der Waals surface area (Å²) in [5, 5.41) is 8.61. The van der Waals surface area contributed by atoms with Gasteiger partial charge in [0.1, 0.15) is 6.07 Å². The van der Waals surface area contributed by atoms with Gasteiger partial charge in [-0.1, -0.05) is 6.42 Å². The minimum absolute atomic E-state index is 0.166. The highest BCUT2D eigenvalue weighted by Gasteiger charge is 2.26. The Morgan fingerprint density at radius 1 is 1.23 bits per heavy atom. The summed E-state index contributed by atoms with van der Waals surface area (Å²) in [5.74, 6) is -0.643. The van der Waals surface area contributed by atoms with Gasteiger partial charge < -0.3 is 4.74 Å². The number of carbonyl (C=O) groups is 1. The highest BCUT2D eigenvalue weighted by Crippen LogP contribution is 2.21. The summed E-state index contributed by atoms with van der Waals surface area (Å²) >= 11 is 0. The van der Waals surface area contributed by atoms with E-state index >= 15 is 0 Å². The fourth-order valence-electron chi connectivity index (χ4n) is 2.27. The largest absolute Gasteiger partial charge is 0.444 e. The molecule has 0 aliphatic carbocycles. The molecule has 1 atom stereocenters. The van der Waals surface area contributed by atoms with Crippen molar-refractivity contribution in [3.63, 3.8) is 0 Å². The van der Waals surface area contributed by atoms with Crippen LogP contribution in [0, 0.1) is 11.3 Å². The average Bonchev–Trinajstić information content (AvgIpc) is 2.55. The first-order chi connectivity index (χ1) is 10.4. The second kappa shape index (κ2) is 6.90. The standard InChI is InChI=1S/C15H18N2O4S/c1-12(11-16)21-15(18)13-5-7-14(8-6-13)22(19,20)17-9-3-2-4-10-17/h5-8,12H,2-4,9-10H2,1H3/t12-/m0/s1. The van der Waals surface area contributed by atoms with Crippen LogP contribution in [0.1, 0.15) is 36.5 Å². The Kier molecular flexibility index (Phi) is 5.16. The third-order valence-electron chi connectivity index (χ3n) is 3.51. The van der Waals surface area contributed by atoms with Gasteiger partial charge in [0.25, 0.3) is 0 Å². The van der Waals surface area contributed by atoms with Crippen LogP contribution in [-0.2, 0) is 14.8 Å². The lowest BCUT2D eigenvalue weighted by molar-refractivity contribution is 0.0435. The second-order valence-electron chi connectivity index (χ2n) is 5.17. The number of piperidine rings is 1. The molecule has 1 aromatic rings. The van der Waals surface area contributed by atoms with Crippen LogP contribution in [0.25, 0.3) is 0 Å². The molecule has 118 valence electrons. The predicted octanol–water partition coefficient (Wildman–Crippen LogP) is 1.93. The molecular formula is C15H18N2O4S. The van der Waals surface area contributed by atoms with E-state index in [4.69, 9.17) is 10.00 Å². The third kappa shape index (κ3) is 3.64. The van der Waals surface area contributed by atoms with Gasteiger partial charge in [0.15, 0.2) is 6.10 Å². The van der Waals surface area contributed by atoms with Gasteiger partial charge in [0, 0.05) is 13.1 Å². The van der Waals surface area contributed by atoms with Crippen molar-refractivity contribution in [2.75, 3.05) is 13.1 Å². The van der Waals surface area contributed by atoms with E-state index in [2.05, 4.69) is 0 Å². The first-order valence-corrected chi connectivity index (χ1v) is 8.60. The van der Waals surface area contributed by atoms with Crippen molar-refractivity contribution >= 4 is 16.0 Å². The maximum atomic E-state index is 12.5. The Labute approximate surface area is 130 Å².